The first-order chi connectivity index (χ1) is 5.29. The Kier molecular flexibility index (Phi) is 3.27. The molecule has 2 aromatic rings. The van der Waals surface area contributed by atoms with Crippen LogP contribution in [0.5, 0.6) is 0 Å². The number of hydrogen-bond acceptors (Lipinski definition) is 2. The average Bonchev–Trinajstić information content (AvgIpc) is 2.45. The lowest BCUT2D eigenvalue weighted by molar-refractivity contribution is -0.00000230. The number of rotatable bonds is 0. The minimum absolute atomic E-state index is 0. The zero-order chi connectivity index (χ0) is 7.84. The first-order valence-electron chi connectivity index (χ1n) is 3.23. The minimum Gasteiger partial charge on any atom is -1.00 e. The number of aromatic amines is 1. The molecule has 2 aromatic heterocycles. The fraction of sp³-hybridized carbons (Fsp3) is 0.143. The molecule has 0 spiro atoms. The first-order valence-corrected chi connectivity index (χ1v) is 4.31. The van der Waals surface area contributed by atoms with Gasteiger partial charge >= 0.3 is 0 Å². The van der Waals surface area contributed by atoms with Crippen molar-refractivity contribution >= 4 is 33.6 Å². The molecule has 2 heterocycles. The number of aromatic nitrogens is 3. The third-order valence-electron chi connectivity index (χ3n) is 1.59. The Morgan fingerprint density at radius 1 is 1.42 bits per heavy atom. The van der Waals surface area contributed by atoms with E-state index in [-0.39, 0.29) is 24.0 Å². The van der Waals surface area contributed by atoms with E-state index in [4.69, 9.17) is 0 Å². The molecule has 0 aliphatic rings. The lowest BCUT2D eigenvalue weighted by atomic mass is 10.3. The number of fused-ring (bicyclic) bond motifs is 1. The summed E-state index contributed by atoms with van der Waals surface area (Å²) in [7, 11) is 0. The summed E-state index contributed by atoms with van der Waals surface area (Å²) < 4.78 is 1.22. The molecule has 0 radical (unpaired) electrons. The van der Waals surface area contributed by atoms with E-state index in [0.29, 0.717) is 0 Å². The Bertz CT molecular complexity index is 396. The summed E-state index contributed by atoms with van der Waals surface area (Å²) in [5.41, 5.74) is 2.06. The summed E-state index contributed by atoms with van der Waals surface area (Å²) >= 11 is 2.30. The summed E-state index contributed by atoms with van der Waals surface area (Å²) in [6.45, 7) is 2.04. The van der Waals surface area contributed by atoms with Gasteiger partial charge in [0, 0.05) is 9.77 Å². The number of nitrogens with zero attached hydrogens (tertiary/aromatic N) is 2. The van der Waals surface area contributed by atoms with Crippen LogP contribution in [-0.4, -0.2) is 15.2 Å². The van der Waals surface area contributed by atoms with Gasteiger partial charge in [0.05, 0.1) is 11.6 Å². The molecular weight excluding hydrogens is 380 g/mol. The van der Waals surface area contributed by atoms with Crippen LogP contribution in [0.2, 0.25) is 0 Å². The van der Waals surface area contributed by atoms with Gasteiger partial charge in [0.15, 0.2) is 5.65 Å². The predicted molar refractivity (Wildman–Crippen MR) is 51.3 cm³/mol. The van der Waals surface area contributed by atoms with E-state index in [1.807, 2.05) is 13.1 Å². The molecule has 0 aliphatic carbocycles. The van der Waals surface area contributed by atoms with Crippen LogP contribution in [0.25, 0.3) is 11.0 Å². The second-order valence-corrected chi connectivity index (χ2v) is 3.47. The lowest BCUT2D eigenvalue weighted by Gasteiger charge is -1.95. The van der Waals surface area contributed by atoms with Gasteiger partial charge in [-0.1, -0.05) is 0 Å². The number of H-pyrrole nitrogens is 1. The maximum absolute atomic E-state index is 4.18. The van der Waals surface area contributed by atoms with Gasteiger partial charge in [0.25, 0.3) is 0 Å². The summed E-state index contributed by atoms with van der Waals surface area (Å²) in [5.74, 6) is 0. The smallest absolute Gasteiger partial charge is 0.156 e. The fourth-order valence-electron chi connectivity index (χ4n) is 0.969. The van der Waals surface area contributed by atoms with Crippen LogP contribution >= 0.6 is 22.6 Å². The Morgan fingerprint density at radius 3 is 2.92 bits per heavy atom. The second kappa shape index (κ2) is 3.86. The molecular formula is C7H6I2N3-. The molecule has 12 heavy (non-hydrogen) atoms. The topological polar surface area (TPSA) is 41.6 Å². The van der Waals surface area contributed by atoms with E-state index in [2.05, 4.69) is 37.8 Å². The first kappa shape index (κ1) is 10.2. The van der Waals surface area contributed by atoms with E-state index in [1.165, 1.54) is 9.13 Å². The van der Waals surface area contributed by atoms with Crippen molar-refractivity contribution in [3.8, 4) is 0 Å². The van der Waals surface area contributed by atoms with E-state index < -0.39 is 0 Å². The van der Waals surface area contributed by atoms with Crippen molar-refractivity contribution in [2.24, 2.45) is 0 Å². The molecule has 0 amide bonds. The normalized spacial score (nSPS) is 9.83. The quantitative estimate of drug-likeness (QED) is 0.583. The van der Waals surface area contributed by atoms with Gasteiger partial charge in [-0.25, -0.2) is 4.98 Å². The average molecular weight is 386 g/mol. The maximum Gasteiger partial charge on any atom is 0.156 e. The highest BCUT2D eigenvalue weighted by atomic mass is 127. The van der Waals surface area contributed by atoms with Crippen LogP contribution in [-0.2, 0) is 0 Å². The van der Waals surface area contributed by atoms with Crippen LogP contribution in [0.15, 0.2) is 12.4 Å². The zero-order valence-corrected chi connectivity index (χ0v) is 10.6. The second-order valence-electron chi connectivity index (χ2n) is 2.39. The van der Waals surface area contributed by atoms with Crippen LogP contribution in [0.1, 0.15) is 5.56 Å². The monoisotopic (exact) mass is 386 g/mol. The molecule has 5 heteroatoms. The number of nitrogens with one attached hydrogen (secondary N) is 1. The van der Waals surface area contributed by atoms with Gasteiger partial charge < -0.3 is 24.0 Å². The summed E-state index contributed by atoms with van der Waals surface area (Å²) in [5, 5.41) is 7.84. The lowest BCUT2D eigenvalue weighted by Crippen LogP contribution is -3.00. The van der Waals surface area contributed by atoms with Crippen molar-refractivity contribution in [1.29, 1.82) is 0 Å². The molecule has 64 valence electrons. The molecule has 0 aliphatic heterocycles. The van der Waals surface area contributed by atoms with Crippen molar-refractivity contribution < 1.29 is 24.0 Å². The molecule has 0 aromatic carbocycles. The Balaban J connectivity index is 0.000000720. The number of aryl methyl sites for hydroxylation is 1. The van der Waals surface area contributed by atoms with Gasteiger partial charge in [0.2, 0.25) is 0 Å². The summed E-state index contributed by atoms with van der Waals surface area (Å²) in [6, 6.07) is 0. The molecule has 3 nitrogen and oxygen atoms in total. The van der Waals surface area contributed by atoms with Gasteiger partial charge in [-0.05, 0) is 35.1 Å². The van der Waals surface area contributed by atoms with Crippen LogP contribution in [0.3, 0.4) is 0 Å². The highest BCUT2D eigenvalue weighted by Gasteiger charge is 2.02. The van der Waals surface area contributed by atoms with Crippen molar-refractivity contribution in [3.05, 3.63) is 21.5 Å². The third-order valence-corrected chi connectivity index (χ3v) is 3.02. The summed E-state index contributed by atoms with van der Waals surface area (Å²) in [4.78, 5) is 4.18. The molecule has 0 fully saturated rings. The Labute approximate surface area is 101 Å². The molecule has 0 unspecified atom stereocenters. The predicted octanol–water partition coefficient (Wildman–Crippen LogP) is -1.13. The molecule has 0 atom stereocenters. The summed E-state index contributed by atoms with van der Waals surface area (Å²) in [6.07, 6.45) is 3.65. The van der Waals surface area contributed by atoms with Gasteiger partial charge in [-0.2, -0.15) is 5.10 Å². The van der Waals surface area contributed by atoms with Crippen molar-refractivity contribution in [2.45, 2.75) is 6.92 Å². The van der Waals surface area contributed by atoms with E-state index in [0.717, 1.165) is 11.0 Å². The molecule has 0 bridgehead atoms. The van der Waals surface area contributed by atoms with Crippen molar-refractivity contribution in [3.63, 3.8) is 0 Å². The molecule has 2 rings (SSSR count). The van der Waals surface area contributed by atoms with E-state index in [9.17, 15) is 0 Å². The van der Waals surface area contributed by atoms with E-state index in [1.54, 1.807) is 6.20 Å². The number of hydrogen-bond donors (Lipinski definition) is 1. The fourth-order valence-corrected chi connectivity index (χ4v) is 1.50. The number of halogens is 2. The van der Waals surface area contributed by atoms with E-state index >= 15 is 0 Å². The zero-order valence-electron chi connectivity index (χ0n) is 6.31. The standard InChI is InChI=1S/C7H6IN3.HI/c1-4-2-9-7-5(6(4)8)3-10-11-7;/h2-3H,1H3,(H,9,10,11);1H/p-1. The molecule has 1 N–H and O–H groups in total. The van der Waals surface area contributed by atoms with Gasteiger partial charge in [-0.15, -0.1) is 0 Å². The largest absolute Gasteiger partial charge is 1.00 e. The Hall–Kier alpha value is 0.0800. The minimum atomic E-state index is 0. The van der Waals surface area contributed by atoms with Gasteiger partial charge in [0.1, 0.15) is 0 Å². The SMILES string of the molecule is Cc1cnc2[nH]ncc2c1I.[I-]. The van der Waals surface area contributed by atoms with Crippen LogP contribution < -0.4 is 24.0 Å². The molecule has 0 saturated heterocycles. The van der Waals surface area contributed by atoms with Crippen molar-refractivity contribution in [1.82, 2.24) is 15.2 Å². The van der Waals surface area contributed by atoms with Gasteiger partial charge in [-0.3, -0.25) is 5.10 Å². The third kappa shape index (κ3) is 1.56. The number of pyridine rings is 1. The van der Waals surface area contributed by atoms with Crippen LogP contribution in [0.4, 0.5) is 0 Å². The highest BCUT2D eigenvalue weighted by molar-refractivity contribution is 14.1. The van der Waals surface area contributed by atoms with Crippen molar-refractivity contribution in [2.75, 3.05) is 0 Å². The maximum atomic E-state index is 4.18. The molecule has 0 saturated carbocycles. The van der Waals surface area contributed by atoms with Crippen LogP contribution in [0, 0.1) is 10.5 Å². The Morgan fingerprint density at radius 2 is 2.17 bits per heavy atom. The highest BCUT2D eigenvalue weighted by Crippen LogP contribution is 2.19.